The summed E-state index contributed by atoms with van der Waals surface area (Å²) in [6, 6.07) is 8.83. The van der Waals surface area contributed by atoms with Crippen molar-refractivity contribution in [2.45, 2.75) is 32.1 Å². The van der Waals surface area contributed by atoms with Gasteiger partial charge in [-0.1, -0.05) is 25.1 Å². The van der Waals surface area contributed by atoms with Gasteiger partial charge in [-0.05, 0) is 30.0 Å². The second-order valence-electron chi connectivity index (χ2n) is 4.60. The van der Waals surface area contributed by atoms with Crippen LogP contribution in [0.1, 0.15) is 30.0 Å². The Bertz CT molecular complexity index is 427. The van der Waals surface area contributed by atoms with Crippen molar-refractivity contribution >= 4 is 0 Å². The third kappa shape index (κ3) is 1.72. The highest BCUT2D eigenvalue weighted by molar-refractivity contribution is 5.37. The number of rotatable bonds is 3. The summed E-state index contributed by atoms with van der Waals surface area (Å²) in [4.78, 5) is 0. The molecule has 1 aliphatic rings. The van der Waals surface area contributed by atoms with Gasteiger partial charge in [0.15, 0.2) is 0 Å². The van der Waals surface area contributed by atoms with E-state index in [1.165, 1.54) is 16.7 Å². The molecule has 0 spiro atoms. The van der Waals surface area contributed by atoms with Crippen LogP contribution in [0.25, 0.3) is 0 Å². The SMILES string of the molecule is CCc1cc(C2(CC#N)COC2)ccc1C. The van der Waals surface area contributed by atoms with Crippen LogP contribution in [0.5, 0.6) is 0 Å². The molecule has 2 rings (SSSR count). The molecule has 0 aliphatic carbocycles. The first-order valence-electron chi connectivity index (χ1n) is 5.76. The topological polar surface area (TPSA) is 33.0 Å². The molecule has 0 atom stereocenters. The van der Waals surface area contributed by atoms with Crippen LogP contribution < -0.4 is 0 Å². The molecule has 0 bridgehead atoms. The minimum absolute atomic E-state index is 0.0353. The Morgan fingerprint density at radius 1 is 1.44 bits per heavy atom. The van der Waals surface area contributed by atoms with Crippen molar-refractivity contribution < 1.29 is 4.74 Å². The fourth-order valence-electron chi connectivity index (χ4n) is 2.25. The van der Waals surface area contributed by atoms with E-state index in [4.69, 9.17) is 10.00 Å². The third-order valence-electron chi connectivity index (χ3n) is 3.52. The highest BCUT2D eigenvalue weighted by Gasteiger charge is 2.40. The van der Waals surface area contributed by atoms with Crippen molar-refractivity contribution in [3.63, 3.8) is 0 Å². The first kappa shape index (κ1) is 11.2. The van der Waals surface area contributed by atoms with Gasteiger partial charge in [-0.15, -0.1) is 0 Å². The lowest BCUT2D eigenvalue weighted by Crippen LogP contribution is -2.46. The summed E-state index contributed by atoms with van der Waals surface area (Å²) in [5.74, 6) is 0. The van der Waals surface area contributed by atoms with Crippen molar-refractivity contribution in [2.24, 2.45) is 0 Å². The average molecular weight is 215 g/mol. The third-order valence-corrected chi connectivity index (χ3v) is 3.52. The van der Waals surface area contributed by atoms with Gasteiger partial charge < -0.3 is 4.74 Å². The molecule has 1 fully saturated rings. The molecule has 0 radical (unpaired) electrons. The molecule has 2 heteroatoms. The predicted molar refractivity (Wildman–Crippen MR) is 63.3 cm³/mol. The van der Waals surface area contributed by atoms with Gasteiger partial charge >= 0.3 is 0 Å². The first-order chi connectivity index (χ1) is 7.72. The van der Waals surface area contributed by atoms with E-state index in [9.17, 15) is 0 Å². The molecule has 0 unspecified atom stereocenters. The van der Waals surface area contributed by atoms with Gasteiger partial charge in [-0.25, -0.2) is 0 Å². The summed E-state index contributed by atoms with van der Waals surface area (Å²) in [6.07, 6.45) is 1.60. The number of hydrogen-bond acceptors (Lipinski definition) is 2. The molecule has 0 saturated carbocycles. The second-order valence-corrected chi connectivity index (χ2v) is 4.60. The van der Waals surface area contributed by atoms with Gasteiger partial charge in [0.25, 0.3) is 0 Å². The zero-order chi connectivity index (χ0) is 11.6. The number of ether oxygens (including phenoxy) is 1. The maximum atomic E-state index is 8.90. The number of nitriles is 1. The second kappa shape index (κ2) is 4.27. The van der Waals surface area contributed by atoms with E-state index in [1.54, 1.807) is 0 Å². The molecule has 1 aromatic carbocycles. The molecule has 1 aromatic rings. The Morgan fingerprint density at radius 3 is 2.69 bits per heavy atom. The minimum atomic E-state index is -0.0353. The minimum Gasteiger partial charge on any atom is -0.379 e. The monoisotopic (exact) mass is 215 g/mol. The highest BCUT2D eigenvalue weighted by atomic mass is 16.5. The lowest BCUT2D eigenvalue weighted by Gasteiger charge is -2.40. The molecule has 1 heterocycles. The summed E-state index contributed by atoms with van der Waals surface area (Å²) >= 11 is 0. The molecule has 0 aromatic heterocycles. The molecule has 1 aliphatic heterocycles. The molecule has 2 nitrogen and oxygen atoms in total. The van der Waals surface area contributed by atoms with Gasteiger partial charge in [0.1, 0.15) is 0 Å². The normalized spacial score (nSPS) is 17.6. The van der Waals surface area contributed by atoms with Gasteiger partial charge in [-0.2, -0.15) is 5.26 Å². The number of aryl methyl sites for hydroxylation is 2. The van der Waals surface area contributed by atoms with Crippen LogP contribution in [0.2, 0.25) is 0 Å². The smallest absolute Gasteiger partial charge is 0.0632 e. The van der Waals surface area contributed by atoms with Crippen molar-refractivity contribution in [3.8, 4) is 6.07 Å². The van der Waals surface area contributed by atoms with Gasteiger partial charge in [0.05, 0.1) is 24.7 Å². The molecule has 0 amide bonds. The van der Waals surface area contributed by atoms with Crippen molar-refractivity contribution in [3.05, 3.63) is 34.9 Å². The quantitative estimate of drug-likeness (QED) is 0.776. The van der Waals surface area contributed by atoms with Crippen LogP contribution in [-0.4, -0.2) is 13.2 Å². The molecule has 16 heavy (non-hydrogen) atoms. The Balaban J connectivity index is 2.36. The van der Waals surface area contributed by atoms with E-state index in [0.29, 0.717) is 19.6 Å². The van der Waals surface area contributed by atoms with E-state index in [2.05, 4.69) is 38.1 Å². The maximum Gasteiger partial charge on any atom is 0.0632 e. The Hall–Kier alpha value is -1.33. The number of hydrogen-bond donors (Lipinski definition) is 0. The van der Waals surface area contributed by atoms with Crippen LogP contribution in [0.3, 0.4) is 0 Å². The van der Waals surface area contributed by atoms with Crippen molar-refractivity contribution in [1.82, 2.24) is 0 Å². The summed E-state index contributed by atoms with van der Waals surface area (Å²) < 4.78 is 5.30. The zero-order valence-corrected chi connectivity index (χ0v) is 9.92. The summed E-state index contributed by atoms with van der Waals surface area (Å²) in [7, 11) is 0. The van der Waals surface area contributed by atoms with Crippen molar-refractivity contribution in [1.29, 1.82) is 5.26 Å². The Labute approximate surface area is 96.9 Å². The lowest BCUT2D eigenvalue weighted by atomic mass is 9.75. The predicted octanol–water partition coefficient (Wildman–Crippen LogP) is 2.74. The van der Waals surface area contributed by atoms with E-state index in [1.807, 2.05) is 0 Å². The van der Waals surface area contributed by atoms with E-state index >= 15 is 0 Å². The largest absolute Gasteiger partial charge is 0.379 e. The zero-order valence-electron chi connectivity index (χ0n) is 9.92. The summed E-state index contributed by atoms with van der Waals surface area (Å²) in [5, 5.41) is 8.90. The Kier molecular flexibility index (Phi) is 2.98. The van der Waals surface area contributed by atoms with Crippen LogP contribution in [0.15, 0.2) is 18.2 Å². The number of nitrogens with zero attached hydrogens (tertiary/aromatic N) is 1. The van der Waals surface area contributed by atoms with E-state index < -0.39 is 0 Å². The number of benzene rings is 1. The molecule has 1 saturated heterocycles. The first-order valence-corrected chi connectivity index (χ1v) is 5.76. The summed E-state index contributed by atoms with van der Waals surface area (Å²) in [5.41, 5.74) is 3.94. The van der Waals surface area contributed by atoms with E-state index in [-0.39, 0.29) is 5.41 Å². The lowest BCUT2D eigenvalue weighted by molar-refractivity contribution is -0.0577. The highest BCUT2D eigenvalue weighted by Crippen LogP contribution is 2.36. The van der Waals surface area contributed by atoms with Crippen LogP contribution >= 0.6 is 0 Å². The van der Waals surface area contributed by atoms with Crippen LogP contribution in [0, 0.1) is 18.3 Å². The molecular formula is C14H17NO. The van der Waals surface area contributed by atoms with E-state index in [0.717, 1.165) is 6.42 Å². The standard InChI is InChI=1S/C14H17NO/c1-3-12-8-13(5-4-11(12)2)14(6-7-15)9-16-10-14/h4-5,8H,3,6,9-10H2,1-2H3. The molecule has 84 valence electrons. The van der Waals surface area contributed by atoms with Crippen molar-refractivity contribution in [2.75, 3.05) is 13.2 Å². The van der Waals surface area contributed by atoms with Crippen LogP contribution in [0.4, 0.5) is 0 Å². The molecule has 0 N–H and O–H groups in total. The fraction of sp³-hybridized carbons (Fsp3) is 0.500. The molecular weight excluding hydrogens is 198 g/mol. The van der Waals surface area contributed by atoms with Crippen LogP contribution in [-0.2, 0) is 16.6 Å². The van der Waals surface area contributed by atoms with Gasteiger partial charge in [-0.3, -0.25) is 0 Å². The summed E-state index contributed by atoms with van der Waals surface area (Å²) in [6.45, 7) is 5.68. The average Bonchev–Trinajstić information content (AvgIpc) is 2.24. The fourth-order valence-corrected chi connectivity index (χ4v) is 2.25. The van der Waals surface area contributed by atoms with Gasteiger partial charge in [0.2, 0.25) is 0 Å². The Morgan fingerprint density at radius 2 is 2.19 bits per heavy atom. The maximum absolute atomic E-state index is 8.90. The van der Waals surface area contributed by atoms with Gasteiger partial charge in [0, 0.05) is 6.42 Å².